The first-order valence-electron chi connectivity index (χ1n) is 8.98. The molecule has 0 aliphatic heterocycles. The van der Waals surface area contributed by atoms with E-state index in [2.05, 4.69) is 15.1 Å². The molecule has 4 aromatic rings. The SMILES string of the molecule is CN(CCc1ccccn1)C(=O)c1cc(N)c2nc(-c3ccccc3)nn2c1. The maximum atomic E-state index is 12.8. The van der Waals surface area contributed by atoms with E-state index in [4.69, 9.17) is 5.73 Å². The molecule has 0 bridgehead atoms. The van der Waals surface area contributed by atoms with E-state index in [-0.39, 0.29) is 5.91 Å². The molecule has 0 saturated carbocycles. The number of hydrogen-bond acceptors (Lipinski definition) is 5. The van der Waals surface area contributed by atoms with Crippen LogP contribution in [0.2, 0.25) is 0 Å². The predicted molar refractivity (Wildman–Crippen MR) is 108 cm³/mol. The Hall–Kier alpha value is -3.74. The average Bonchev–Trinajstić information content (AvgIpc) is 3.18. The molecular weight excluding hydrogens is 352 g/mol. The Kier molecular flexibility index (Phi) is 4.72. The molecule has 0 radical (unpaired) electrons. The van der Waals surface area contributed by atoms with Crippen molar-refractivity contribution in [1.82, 2.24) is 24.5 Å². The highest BCUT2D eigenvalue weighted by Crippen LogP contribution is 2.20. The van der Waals surface area contributed by atoms with E-state index in [9.17, 15) is 4.79 Å². The van der Waals surface area contributed by atoms with Crippen LogP contribution in [0, 0.1) is 0 Å². The van der Waals surface area contributed by atoms with Crippen molar-refractivity contribution in [3.05, 3.63) is 78.2 Å². The lowest BCUT2D eigenvalue weighted by atomic mass is 10.2. The molecule has 2 N–H and O–H groups in total. The van der Waals surface area contributed by atoms with E-state index in [1.165, 1.54) is 0 Å². The van der Waals surface area contributed by atoms with Gasteiger partial charge in [-0.25, -0.2) is 9.50 Å². The number of benzene rings is 1. The van der Waals surface area contributed by atoms with Gasteiger partial charge in [0, 0.05) is 43.7 Å². The number of nitrogen functional groups attached to an aromatic ring is 1. The Balaban J connectivity index is 1.57. The van der Waals surface area contributed by atoms with E-state index in [1.807, 2.05) is 48.5 Å². The lowest BCUT2D eigenvalue weighted by Crippen LogP contribution is -2.29. The Labute approximate surface area is 162 Å². The summed E-state index contributed by atoms with van der Waals surface area (Å²) >= 11 is 0. The monoisotopic (exact) mass is 372 g/mol. The number of aromatic nitrogens is 4. The van der Waals surface area contributed by atoms with Crippen LogP contribution in [0.15, 0.2) is 67.0 Å². The highest BCUT2D eigenvalue weighted by molar-refractivity contribution is 5.95. The van der Waals surface area contributed by atoms with E-state index in [0.29, 0.717) is 35.7 Å². The van der Waals surface area contributed by atoms with Gasteiger partial charge >= 0.3 is 0 Å². The molecule has 3 heterocycles. The second-order valence-electron chi connectivity index (χ2n) is 6.55. The summed E-state index contributed by atoms with van der Waals surface area (Å²) in [5, 5.41) is 4.48. The molecule has 0 unspecified atom stereocenters. The number of nitrogens with zero attached hydrogens (tertiary/aromatic N) is 5. The normalized spacial score (nSPS) is 10.9. The molecule has 0 saturated heterocycles. The van der Waals surface area contributed by atoms with Crippen LogP contribution in [0.3, 0.4) is 0 Å². The van der Waals surface area contributed by atoms with Gasteiger partial charge in [0.25, 0.3) is 5.91 Å². The fraction of sp³-hybridized carbons (Fsp3) is 0.143. The summed E-state index contributed by atoms with van der Waals surface area (Å²) in [6.45, 7) is 0.556. The molecule has 4 rings (SSSR count). The first-order chi connectivity index (χ1) is 13.6. The number of likely N-dealkylation sites (N-methyl/N-ethyl adjacent to an activating group) is 1. The van der Waals surface area contributed by atoms with Gasteiger partial charge in [-0.3, -0.25) is 9.78 Å². The van der Waals surface area contributed by atoms with Crippen LogP contribution in [0.5, 0.6) is 0 Å². The predicted octanol–water partition coefficient (Wildman–Crippen LogP) is 2.69. The summed E-state index contributed by atoms with van der Waals surface area (Å²) in [4.78, 5) is 23.3. The van der Waals surface area contributed by atoms with Gasteiger partial charge < -0.3 is 10.6 Å². The third-order valence-corrected chi connectivity index (χ3v) is 4.52. The quantitative estimate of drug-likeness (QED) is 0.582. The van der Waals surface area contributed by atoms with Crippen molar-refractivity contribution in [2.75, 3.05) is 19.3 Å². The Bertz CT molecular complexity index is 1110. The zero-order valence-electron chi connectivity index (χ0n) is 15.5. The number of rotatable bonds is 5. The van der Waals surface area contributed by atoms with Crippen LogP contribution in [0.4, 0.5) is 5.69 Å². The molecule has 7 heteroatoms. The Morgan fingerprint density at radius 2 is 1.93 bits per heavy atom. The number of amides is 1. The van der Waals surface area contributed by atoms with Gasteiger partial charge in [-0.2, -0.15) is 0 Å². The van der Waals surface area contributed by atoms with Crippen LogP contribution in [0.1, 0.15) is 16.1 Å². The van der Waals surface area contributed by atoms with Gasteiger partial charge in [0.05, 0.1) is 11.3 Å². The van der Waals surface area contributed by atoms with E-state index < -0.39 is 0 Å². The molecule has 28 heavy (non-hydrogen) atoms. The molecule has 1 aromatic carbocycles. The largest absolute Gasteiger partial charge is 0.396 e. The minimum absolute atomic E-state index is 0.124. The van der Waals surface area contributed by atoms with Crippen molar-refractivity contribution in [1.29, 1.82) is 0 Å². The molecule has 0 atom stereocenters. The lowest BCUT2D eigenvalue weighted by molar-refractivity contribution is 0.0796. The summed E-state index contributed by atoms with van der Waals surface area (Å²) in [7, 11) is 1.77. The van der Waals surface area contributed by atoms with Crippen molar-refractivity contribution in [3.8, 4) is 11.4 Å². The van der Waals surface area contributed by atoms with Crippen LogP contribution in [0.25, 0.3) is 17.0 Å². The number of carbonyl (C=O) groups is 1. The van der Waals surface area contributed by atoms with Gasteiger partial charge in [-0.1, -0.05) is 36.4 Å². The van der Waals surface area contributed by atoms with Gasteiger partial charge in [0.1, 0.15) is 0 Å². The number of anilines is 1. The summed E-state index contributed by atoms with van der Waals surface area (Å²) in [6.07, 6.45) is 4.10. The molecule has 3 aromatic heterocycles. The zero-order valence-corrected chi connectivity index (χ0v) is 15.5. The number of pyridine rings is 2. The molecule has 0 fully saturated rings. The van der Waals surface area contributed by atoms with Crippen LogP contribution >= 0.6 is 0 Å². The van der Waals surface area contributed by atoms with Crippen LogP contribution < -0.4 is 5.73 Å². The Morgan fingerprint density at radius 1 is 1.14 bits per heavy atom. The van der Waals surface area contributed by atoms with E-state index in [1.54, 1.807) is 34.9 Å². The second kappa shape index (κ2) is 7.48. The summed E-state index contributed by atoms with van der Waals surface area (Å²) in [5.74, 6) is 0.446. The summed E-state index contributed by atoms with van der Waals surface area (Å²) in [6, 6.07) is 17.1. The summed E-state index contributed by atoms with van der Waals surface area (Å²) in [5.41, 5.74) is 9.41. The minimum Gasteiger partial charge on any atom is -0.396 e. The highest BCUT2D eigenvalue weighted by Gasteiger charge is 2.16. The van der Waals surface area contributed by atoms with Gasteiger partial charge in [-0.05, 0) is 18.2 Å². The summed E-state index contributed by atoms with van der Waals surface area (Å²) < 4.78 is 1.57. The molecule has 0 spiro atoms. The van der Waals surface area contributed by atoms with Crippen molar-refractivity contribution in [2.45, 2.75) is 6.42 Å². The number of fused-ring (bicyclic) bond motifs is 1. The minimum atomic E-state index is -0.124. The lowest BCUT2D eigenvalue weighted by Gasteiger charge is -2.17. The van der Waals surface area contributed by atoms with Crippen LogP contribution in [-0.4, -0.2) is 44.0 Å². The molecular formula is C21H20N6O. The zero-order chi connectivity index (χ0) is 19.5. The standard InChI is InChI=1S/C21H20N6O/c1-26(12-10-17-9-5-6-11-23-17)21(28)16-13-18(22)20-24-19(25-27(20)14-16)15-7-3-2-4-8-15/h2-9,11,13-14H,10,12,22H2,1H3. The average molecular weight is 372 g/mol. The third-order valence-electron chi connectivity index (χ3n) is 4.52. The van der Waals surface area contributed by atoms with E-state index in [0.717, 1.165) is 11.3 Å². The van der Waals surface area contributed by atoms with Crippen molar-refractivity contribution >= 4 is 17.2 Å². The highest BCUT2D eigenvalue weighted by atomic mass is 16.2. The number of nitrogens with two attached hydrogens (primary N) is 1. The van der Waals surface area contributed by atoms with Gasteiger partial charge in [0.2, 0.25) is 0 Å². The topological polar surface area (TPSA) is 89.4 Å². The van der Waals surface area contributed by atoms with Crippen molar-refractivity contribution in [3.63, 3.8) is 0 Å². The van der Waals surface area contributed by atoms with Crippen LogP contribution in [-0.2, 0) is 6.42 Å². The van der Waals surface area contributed by atoms with Crippen molar-refractivity contribution < 1.29 is 4.79 Å². The van der Waals surface area contributed by atoms with Crippen molar-refractivity contribution in [2.24, 2.45) is 0 Å². The first kappa shape index (κ1) is 17.7. The fourth-order valence-corrected chi connectivity index (χ4v) is 2.99. The number of carbonyl (C=O) groups excluding carboxylic acids is 1. The third kappa shape index (κ3) is 3.55. The molecule has 1 amide bonds. The number of hydrogen-bond donors (Lipinski definition) is 1. The van der Waals surface area contributed by atoms with Gasteiger partial charge in [0.15, 0.2) is 11.5 Å². The fourth-order valence-electron chi connectivity index (χ4n) is 2.99. The maximum absolute atomic E-state index is 12.8. The Morgan fingerprint density at radius 3 is 2.68 bits per heavy atom. The maximum Gasteiger partial charge on any atom is 0.255 e. The molecule has 140 valence electrons. The van der Waals surface area contributed by atoms with E-state index >= 15 is 0 Å². The first-order valence-corrected chi connectivity index (χ1v) is 8.98. The van der Waals surface area contributed by atoms with Gasteiger partial charge in [-0.15, -0.1) is 5.10 Å². The second-order valence-corrected chi connectivity index (χ2v) is 6.55. The smallest absolute Gasteiger partial charge is 0.255 e. The molecule has 7 nitrogen and oxygen atoms in total. The molecule has 0 aliphatic rings. The molecule has 0 aliphatic carbocycles.